The lowest BCUT2D eigenvalue weighted by Gasteiger charge is -2.33. The molecule has 32 heavy (non-hydrogen) atoms. The average molecular weight is 439 g/mol. The second-order valence-corrected chi connectivity index (χ2v) is 9.65. The minimum atomic E-state index is -0.577. The molecule has 2 rings (SSSR count). The van der Waals surface area contributed by atoms with Gasteiger partial charge in [0.15, 0.2) is 6.61 Å². The molecule has 0 saturated carbocycles. The highest BCUT2D eigenvalue weighted by molar-refractivity contribution is 5.88. The van der Waals surface area contributed by atoms with Gasteiger partial charge < -0.3 is 15.0 Å². The summed E-state index contributed by atoms with van der Waals surface area (Å²) < 4.78 is 5.95. The van der Waals surface area contributed by atoms with Gasteiger partial charge in [-0.15, -0.1) is 0 Å². The van der Waals surface area contributed by atoms with E-state index in [1.54, 1.807) is 4.90 Å². The first-order valence-electron chi connectivity index (χ1n) is 11.4. The maximum Gasteiger partial charge on any atom is 0.261 e. The van der Waals surface area contributed by atoms with E-state index in [0.717, 1.165) is 16.7 Å². The number of carbonyl (C=O) groups is 2. The van der Waals surface area contributed by atoms with Crippen molar-refractivity contribution in [1.29, 1.82) is 0 Å². The van der Waals surface area contributed by atoms with Crippen LogP contribution in [-0.4, -0.2) is 34.9 Å². The fourth-order valence-electron chi connectivity index (χ4n) is 3.57. The van der Waals surface area contributed by atoms with E-state index in [2.05, 4.69) is 19.2 Å². The lowest BCUT2D eigenvalue weighted by Crippen LogP contribution is -2.54. The van der Waals surface area contributed by atoms with Crippen molar-refractivity contribution in [2.24, 2.45) is 0 Å². The Morgan fingerprint density at radius 2 is 1.66 bits per heavy atom. The van der Waals surface area contributed by atoms with Crippen molar-refractivity contribution in [1.82, 2.24) is 10.2 Å². The average Bonchev–Trinajstić information content (AvgIpc) is 2.72. The molecule has 0 spiro atoms. The van der Waals surface area contributed by atoms with Crippen molar-refractivity contribution in [3.8, 4) is 5.75 Å². The summed E-state index contributed by atoms with van der Waals surface area (Å²) in [5, 5.41) is 3.02. The monoisotopic (exact) mass is 438 g/mol. The van der Waals surface area contributed by atoms with Crippen molar-refractivity contribution in [3.63, 3.8) is 0 Å². The molecule has 2 amide bonds. The Bertz CT molecular complexity index is 898. The van der Waals surface area contributed by atoms with Gasteiger partial charge in [-0.1, -0.05) is 68.8 Å². The van der Waals surface area contributed by atoms with E-state index < -0.39 is 6.04 Å². The zero-order chi connectivity index (χ0) is 23.9. The van der Waals surface area contributed by atoms with Crippen LogP contribution in [0.2, 0.25) is 0 Å². The van der Waals surface area contributed by atoms with E-state index in [4.69, 9.17) is 4.74 Å². The predicted octanol–water partition coefficient (Wildman–Crippen LogP) is 5.22. The molecule has 174 valence electrons. The molecule has 0 aliphatic heterocycles. The molecule has 0 bridgehead atoms. The highest BCUT2D eigenvalue weighted by Crippen LogP contribution is 2.26. The summed E-state index contributed by atoms with van der Waals surface area (Å²) in [4.78, 5) is 28.1. The van der Waals surface area contributed by atoms with Crippen molar-refractivity contribution in [2.45, 2.75) is 78.9 Å². The van der Waals surface area contributed by atoms with Gasteiger partial charge in [0.2, 0.25) is 5.91 Å². The van der Waals surface area contributed by atoms with Gasteiger partial charge in [-0.05, 0) is 57.2 Å². The van der Waals surface area contributed by atoms with Crippen molar-refractivity contribution < 1.29 is 14.3 Å². The Balaban J connectivity index is 2.27. The molecule has 2 aromatic carbocycles. The number of nitrogens with one attached hydrogen (secondary N) is 1. The number of para-hydroxylation sites is 1. The first-order valence-corrected chi connectivity index (χ1v) is 11.4. The van der Waals surface area contributed by atoms with E-state index in [0.29, 0.717) is 18.7 Å². The van der Waals surface area contributed by atoms with E-state index >= 15 is 0 Å². The molecule has 0 aliphatic rings. The number of ether oxygens (including phenoxy) is 1. The van der Waals surface area contributed by atoms with Crippen molar-refractivity contribution >= 4 is 11.8 Å². The lowest BCUT2D eigenvalue weighted by atomic mass is 10.0. The lowest BCUT2D eigenvalue weighted by molar-refractivity contribution is -0.143. The van der Waals surface area contributed by atoms with Gasteiger partial charge in [-0.2, -0.15) is 0 Å². The molecule has 2 aromatic rings. The first kappa shape index (κ1) is 25.4. The van der Waals surface area contributed by atoms with Gasteiger partial charge in [0.1, 0.15) is 11.8 Å². The standard InChI is InChI=1S/C27H38N2O3/c1-8-23(26(31)28-27(5,6)7)29(17-21-15-13-20(4)14-16-21)25(30)18-32-24-12-10-9-11-22(24)19(2)3/h9-16,19,23H,8,17-18H2,1-7H3,(H,28,31). The van der Waals surface area contributed by atoms with E-state index in [-0.39, 0.29) is 29.9 Å². The number of aryl methyl sites for hydroxylation is 1. The van der Waals surface area contributed by atoms with Crippen LogP contribution >= 0.6 is 0 Å². The van der Waals surface area contributed by atoms with E-state index in [9.17, 15) is 9.59 Å². The van der Waals surface area contributed by atoms with Gasteiger partial charge in [-0.3, -0.25) is 9.59 Å². The molecule has 0 heterocycles. The Hall–Kier alpha value is -2.82. The Labute approximate surface area is 193 Å². The van der Waals surface area contributed by atoms with Gasteiger partial charge in [0.25, 0.3) is 5.91 Å². The second-order valence-electron chi connectivity index (χ2n) is 9.65. The highest BCUT2D eigenvalue weighted by Gasteiger charge is 2.31. The molecule has 0 aliphatic carbocycles. The fourth-order valence-corrected chi connectivity index (χ4v) is 3.57. The molecule has 5 heteroatoms. The number of hydrogen-bond donors (Lipinski definition) is 1. The number of nitrogens with zero attached hydrogens (tertiary/aromatic N) is 1. The van der Waals surface area contributed by atoms with Gasteiger partial charge >= 0.3 is 0 Å². The van der Waals surface area contributed by atoms with Gasteiger partial charge in [0.05, 0.1) is 0 Å². The third kappa shape index (κ3) is 7.40. The van der Waals surface area contributed by atoms with Gasteiger partial charge in [-0.25, -0.2) is 0 Å². The van der Waals surface area contributed by atoms with E-state index in [1.165, 1.54) is 0 Å². The zero-order valence-electron chi connectivity index (χ0n) is 20.6. The smallest absolute Gasteiger partial charge is 0.261 e. The minimum absolute atomic E-state index is 0.116. The minimum Gasteiger partial charge on any atom is -0.483 e. The van der Waals surface area contributed by atoms with Crippen LogP contribution in [0.15, 0.2) is 48.5 Å². The molecule has 1 atom stereocenters. The normalized spacial score (nSPS) is 12.4. The molecule has 1 N–H and O–H groups in total. The fraction of sp³-hybridized carbons (Fsp3) is 0.481. The van der Waals surface area contributed by atoms with Crippen LogP contribution in [0.5, 0.6) is 5.75 Å². The number of benzene rings is 2. The number of rotatable bonds is 9. The summed E-state index contributed by atoms with van der Waals surface area (Å²) in [6, 6.07) is 15.2. The SMILES string of the molecule is CCC(C(=O)NC(C)(C)C)N(Cc1ccc(C)cc1)C(=O)COc1ccccc1C(C)C. The number of carbonyl (C=O) groups excluding carboxylic acids is 2. The van der Waals surface area contributed by atoms with Crippen LogP contribution in [0.25, 0.3) is 0 Å². The van der Waals surface area contributed by atoms with Gasteiger partial charge in [0, 0.05) is 12.1 Å². The predicted molar refractivity (Wildman–Crippen MR) is 130 cm³/mol. The highest BCUT2D eigenvalue weighted by atomic mass is 16.5. The summed E-state index contributed by atoms with van der Waals surface area (Å²) in [7, 11) is 0. The van der Waals surface area contributed by atoms with Crippen LogP contribution in [0.4, 0.5) is 0 Å². The Kier molecular flexibility index (Phi) is 8.88. The summed E-state index contributed by atoms with van der Waals surface area (Å²) in [6.45, 7) is 14.2. The summed E-state index contributed by atoms with van der Waals surface area (Å²) in [5.74, 6) is 0.632. The summed E-state index contributed by atoms with van der Waals surface area (Å²) in [6.07, 6.45) is 0.516. The largest absolute Gasteiger partial charge is 0.483 e. The third-order valence-electron chi connectivity index (χ3n) is 5.25. The molecule has 0 saturated heterocycles. The summed E-state index contributed by atoms with van der Waals surface area (Å²) in [5.41, 5.74) is 2.81. The van der Waals surface area contributed by atoms with E-state index in [1.807, 2.05) is 83.1 Å². The molecule has 5 nitrogen and oxygen atoms in total. The van der Waals surface area contributed by atoms with Crippen LogP contribution in [0, 0.1) is 6.92 Å². The first-order chi connectivity index (χ1) is 15.0. The third-order valence-corrected chi connectivity index (χ3v) is 5.25. The number of hydrogen-bond acceptors (Lipinski definition) is 3. The molecule has 0 aromatic heterocycles. The van der Waals surface area contributed by atoms with Crippen LogP contribution in [0.3, 0.4) is 0 Å². The molecule has 1 unspecified atom stereocenters. The van der Waals surface area contributed by atoms with Crippen molar-refractivity contribution in [2.75, 3.05) is 6.61 Å². The van der Waals surface area contributed by atoms with Crippen LogP contribution in [0.1, 0.15) is 70.6 Å². The topological polar surface area (TPSA) is 58.6 Å². The molecule has 0 radical (unpaired) electrons. The van der Waals surface area contributed by atoms with Crippen molar-refractivity contribution in [3.05, 3.63) is 65.2 Å². The summed E-state index contributed by atoms with van der Waals surface area (Å²) >= 11 is 0. The Morgan fingerprint density at radius 1 is 1.03 bits per heavy atom. The van der Waals surface area contributed by atoms with Crippen LogP contribution < -0.4 is 10.1 Å². The maximum absolute atomic E-state index is 13.4. The number of amides is 2. The zero-order valence-corrected chi connectivity index (χ0v) is 20.6. The molecule has 0 fully saturated rings. The quantitative estimate of drug-likeness (QED) is 0.584. The maximum atomic E-state index is 13.4. The molecular formula is C27H38N2O3. The second kappa shape index (κ2) is 11.2. The van der Waals surface area contributed by atoms with Crippen LogP contribution in [-0.2, 0) is 16.1 Å². The molecular weight excluding hydrogens is 400 g/mol. The Morgan fingerprint density at radius 3 is 2.22 bits per heavy atom.